The summed E-state index contributed by atoms with van der Waals surface area (Å²) < 4.78 is 45.6. The third kappa shape index (κ3) is 5.06. The summed E-state index contributed by atoms with van der Waals surface area (Å²) in [5.41, 5.74) is 0.857. The number of anilines is 1. The molecule has 1 N–H and O–H groups in total. The molecule has 2 saturated heterocycles. The first-order valence-electron chi connectivity index (χ1n) is 12.7. The number of halogens is 3. The smallest absolute Gasteiger partial charge is 0.379 e. The minimum atomic E-state index is -4.39. The average Bonchev–Trinajstić information content (AvgIpc) is 3.38. The van der Waals surface area contributed by atoms with E-state index in [9.17, 15) is 18.0 Å². The highest BCUT2D eigenvalue weighted by molar-refractivity contribution is 5.82. The van der Waals surface area contributed by atoms with Crippen molar-refractivity contribution >= 4 is 11.6 Å². The normalized spacial score (nSPS) is 26.9. The highest BCUT2D eigenvalue weighted by Gasteiger charge is 2.43. The maximum absolute atomic E-state index is 13.4. The van der Waals surface area contributed by atoms with E-state index >= 15 is 0 Å². The molecule has 6 nitrogen and oxygen atoms in total. The molecule has 3 heterocycles. The summed E-state index contributed by atoms with van der Waals surface area (Å²) in [5, 5.41) is 3.10. The number of carbonyl (C=O) groups is 1. The van der Waals surface area contributed by atoms with E-state index in [2.05, 4.69) is 20.0 Å². The Morgan fingerprint density at radius 3 is 2.59 bits per heavy atom. The van der Waals surface area contributed by atoms with E-state index in [0.29, 0.717) is 37.8 Å². The Bertz CT molecular complexity index is 868. The van der Waals surface area contributed by atoms with Crippen LogP contribution in [0.5, 0.6) is 0 Å². The summed E-state index contributed by atoms with van der Waals surface area (Å²) in [5.74, 6) is -0.399. The van der Waals surface area contributed by atoms with Crippen molar-refractivity contribution in [3.05, 3.63) is 29.3 Å². The van der Waals surface area contributed by atoms with Gasteiger partial charge >= 0.3 is 6.18 Å². The van der Waals surface area contributed by atoms with Gasteiger partial charge in [0.1, 0.15) is 0 Å². The summed E-state index contributed by atoms with van der Waals surface area (Å²) in [6.07, 6.45) is 0.878. The lowest BCUT2D eigenvalue weighted by Gasteiger charge is -2.50. The Morgan fingerprint density at radius 1 is 1.09 bits per heavy atom. The van der Waals surface area contributed by atoms with Gasteiger partial charge in [-0.3, -0.25) is 14.6 Å². The summed E-state index contributed by atoms with van der Waals surface area (Å²) in [7, 11) is 0. The van der Waals surface area contributed by atoms with Crippen LogP contribution >= 0.6 is 0 Å². The number of ether oxygens (including phenoxy) is 1. The number of piperazine rings is 1. The van der Waals surface area contributed by atoms with E-state index in [0.717, 1.165) is 45.0 Å². The van der Waals surface area contributed by atoms with Gasteiger partial charge in [0.05, 0.1) is 30.7 Å². The molecule has 1 aromatic rings. The van der Waals surface area contributed by atoms with Crippen molar-refractivity contribution in [3.8, 4) is 0 Å². The minimum Gasteiger partial charge on any atom is -0.379 e. The molecule has 0 unspecified atom stereocenters. The molecular weight excluding hydrogens is 445 g/mol. The number of rotatable bonds is 5. The molecule has 0 spiro atoms. The number of benzene rings is 1. The number of alkyl halides is 3. The predicted octanol–water partition coefficient (Wildman–Crippen LogP) is 2.76. The third-order valence-electron chi connectivity index (χ3n) is 8.08. The second kappa shape index (κ2) is 10.0. The lowest BCUT2D eigenvalue weighted by atomic mass is 9.82. The van der Waals surface area contributed by atoms with Crippen molar-refractivity contribution in [2.75, 3.05) is 63.9 Å². The quantitative estimate of drug-likeness (QED) is 0.703. The molecule has 1 amide bonds. The van der Waals surface area contributed by atoms with Crippen LogP contribution < -0.4 is 10.2 Å². The molecule has 1 aromatic carbocycles. The number of nitrogens with zero attached hydrogens (tertiary/aromatic N) is 3. The number of hydrogen-bond donors (Lipinski definition) is 1. The van der Waals surface area contributed by atoms with E-state index in [1.807, 2.05) is 0 Å². The molecular formula is C25H35F3N4O2. The van der Waals surface area contributed by atoms with Gasteiger partial charge in [-0.2, -0.15) is 13.2 Å². The van der Waals surface area contributed by atoms with Gasteiger partial charge in [0, 0.05) is 57.5 Å². The predicted molar refractivity (Wildman–Crippen MR) is 124 cm³/mol. The van der Waals surface area contributed by atoms with E-state index < -0.39 is 11.7 Å². The van der Waals surface area contributed by atoms with Crippen LogP contribution in [0.3, 0.4) is 0 Å². The Labute approximate surface area is 199 Å². The summed E-state index contributed by atoms with van der Waals surface area (Å²) >= 11 is 0. The van der Waals surface area contributed by atoms with Gasteiger partial charge in [-0.15, -0.1) is 0 Å². The molecule has 34 heavy (non-hydrogen) atoms. The monoisotopic (exact) mass is 480 g/mol. The standard InChI is InChI=1S/C25H35F3N4O2/c26-25(27,28)19-5-6-22-18(15-19)16-21(24(33)29-7-8-30-11-13-34-14-12-30)23-17-31(9-10-32(22)23)20-3-1-2-4-20/h5-6,15,20-21,23H,1-4,7-14,16-17H2,(H,29,33)/t21-,23-/m0/s1. The topological polar surface area (TPSA) is 48.1 Å². The summed E-state index contributed by atoms with van der Waals surface area (Å²) in [6.45, 7) is 6.89. The molecule has 0 radical (unpaired) electrons. The van der Waals surface area contributed by atoms with Gasteiger partial charge in [0.15, 0.2) is 0 Å². The van der Waals surface area contributed by atoms with Crippen LogP contribution in [0.2, 0.25) is 0 Å². The molecule has 3 aliphatic heterocycles. The molecule has 1 saturated carbocycles. The van der Waals surface area contributed by atoms with Crippen LogP contribution in [0, 0.1) is 5.92 Å². The first kappa shape index (κ1) is 23.9. The maximum atomic E-state index is 13.4. The van der Waals surface area contributed by atoms with Crippen molar-refractivity contribution in [2.45, 2.75) is 50.4 Å². The molecule has 0 aromatic heterocycles. The van der Waals surface area contributed by atoms with Crippen LogP contribution in [-0.4, -0.2) is 86.8 Å². The van der Waals surface area contributed by atoms with Crippen molar-refractivity contribution in [3.63, 3.8) is 0 Å². The first-order valence-corrected chi connectivity index (χ1v) is 12.7. The minimum absolute atomic E-state index is 0.0121. The zero-order valence-corrected chi connectivity index (χ0v) is 19.7. The second-order valence-electron chi connectivity index (χ2n) is 10.1. The zero-order valence-electron chi connectivity index (χ0n) is 19.7. The van der Waals surface area contributed by atoms with Gasteiger partial charge in [0.2, 0.25) is 5.91 Å². The molecule has 5 rings (SSSR count). The molecule has 188 valence electrons. The van der Waals surface area contributed by atoms with E-state index in [1.165, 1.54) is 37.8 Å². The van der Waals surface area contributed by atoms with Gasteiger partial charge in [0.25, 0.3) is 0 Å². The molecule has 4 aliphatic rings. The average molecular weight is 481 g/mol. The zero-order chi connectivity index (χ0) is 23.7. The van der Waals surface area contributed by atoms with Gasteiger partial charge < -0.3 is 15.0 Å². The number of morpholine rings is 1. The number of carbonyl (C=O) groups excluding carboxylic acids is 1. The number of nitrogens with one attached hydrogen (secondary N) is 1. The number of hydrogen-bond acceptors (Lipinski definition) is 5. The maximum Gasteiger partial charge on any atom is 0.416 e. The number of fused-ring (bicyclic) bond motifs is 3. The fraction of sp³-hybridized carbons (Fsp3) is 0.720. The molecule has 3 fully saturated rings. The van der Waals surface area contributed by atoms with E-state index in [4.69, 9.17) is 4.74 Å². The highest BCUT2D eigenvalue weighted by atomic mass is 19.4. The van der Waals surface area contributed by atoms with Crippen molar-refractivity contribution in [1.82, 2.24) is 15.1 Å². The molecule has 0 bridgehead atoms. The van der Waals surface area contributed by atoms with Crippen molar-refractivity contribution < 1.29 is 22.7 Å². The van der Waals surface area contributed by atoms with Crippen LogP contribution in [-0.2, 0) is 22.1 Å². The largest absolute Gasteiger partial charge is 0.416 e. The van der Waals surface area contributed by atoms with Crippen LogP contribution in [0.1, 0.15) is 36.8 Å². The summed E-state index contributed by atoms with van der Waals surface area (Å²) in [4.78, 5) is 20.4. The fourth-order valence-corrected chi connectivity index (χ4v) is 6.22. The Kier molecular flexibility index (Phi) is 7.04. The molecule has 9 heteroatoms. The highest BCUT2D eigenvalue weighted by Crippen LogP contribution is 2.40. The van der Waals surface area contributed by atoms with Crippen LogP contribution in [0.25, 0.3) is 0 Å². The fourth-order valence-electron chi connectivity index (χ4n) is 6.22. The SMILES string of the molecule is O=C(NCCN1CCOCC1)[C@H]1Cc2cc(C(F)(F)F)ccc2N2CCN(C3CCCC3)C[C@@H]12. The van der Waals surface area contributed by atoms with Crippen LogP contribution in [0.15, 0.2) is 18.2 Å². The molecule has 1 aliphatic carbocycles. The second-order valence-corrected chi connectivity index (χ2v) is 10.1. The van der Waals surface area contributed by atoms with Crippen molar-refractivity contribution in [2.24, 2.45) is 5.92 Å². The van der Waals surface area contributed by atoms with Gasteiger partial charge in [-0.1, -0.05) is 12.8 Å². The van der Waals surface area contributed by atoms with Crippen molar-refractivity contribution in [1.29, 1.82) is 0 Å². The first-order chi connectivity index (χ1) is 16.4. The van der Waals surface area contributed by atoms with Crippen LogP contribution in [0.4, 0.5) is 18.9 Å². The third-order valence-corrected chi connectivity index (χ3v) is 8.08. The van der Waals surface area contributed by atoms with Gasteiger partial charge in [-0.05, 0) is 43.0 Å². The Hall–Kier alpha value is -1.84. The summed E-state index contributed by atoms with van der Waals surface area (Å²) in [6, 6.07) is 4.61. The van der Waals surface area contributed by atoms with Gasteiger partial charge in [-0.25, -0.2) is 0 Å². The Balaban J connectivity index is 1.33. The lowest BCUT2D eigenvalue weighted by molar-refractivity contribution is -0.137. The number of amides is 1. The van der Waals surface area contributed by atoms with E-state index in [-0.39, 0.29) is 17.9 Å². The lowest BCUT2D eigenvalue weighted by Crippen LogP contribution is -2.62. The van der Waals surface area contributed by atoms with E-state index in [1.54, 1.807) is 6.07 Å². The Morgan fingerprint density at radius 2 is 1.85 bits per heavy atom. The molecule has 2 atom stereocenters.